The molecule has 12 heteroatoms. The number of hydrogen-bond acceptors (Lipinski definition) is 8. The molecule has 0 aliphatic carbocycles. The standard InChI is InChI=1S/C32H37FN4O7/c1-5-44-32(41)37-19-26(29(38)31(40)34-10-12-43-13-11-34)24-14-25(28(42-4)15-27(24)37)30(39)36-17-20(2)35(16-21(36)3)18-22-6-8-23(33)9-7-22/h6-9,14-15,19-21H,5,10-13,16-18H2,1-4H3/t20-,21-/m0/s1. The molecular formula is C32H37FN4O7. The minimum atomic E-state index is -0.792. The summed E-state index contributed by atoms with van der Waals surface area (Å²) < 4.78 is 30.7. The number of ketones is 1. The van der Waals surface area contributed by atoms with E-state index >= 15 is 0 Å². The monoisotopic (exact) mass is 608 g/mol. The number of carbonyl (C=O) groups excluding carboxylic acids is 4. The molecule has 0 bridgehead atoms. The molecule has 44 heavy (non-hydrogen) atoms. The van der Waals surface area contributed by atoms with Crippen LogP contribution in [0.5, 0.6) is 5.75 Å². The van der Waals surface area contributed by atoms with Crippen molar-refractivity contribution in [1.29, 1.82) is 0 Å². The highest BCUT2D eigenvalue weighted by Gasteiger charge is 2.35. The second-order valence-electron chi connectivity index (χ2n) is 11.1. The summed E-state index contributed by atoms with van der Waals surface area (Å²) in [5, 5.41) is 0.268. The molecule has 0 radical (unpaired) electrons. The van der Waals surface area contributed by atoms with E-state index in [0.29, 0.717) is 32.8 Å². The van der Waals surface area contributed by atoms with Gasteiger partial charge in [-0.2, -0.15) is 0 Å². The van der Waals surface area contributed by atoms with Crippen LogP contribution in [0.25, 0.3) is 10.9 Å². The molecule has 2 fully saturated rings. The molecule has 2 atom stereocenters. The van der Waals surface area contributed by atoms with Gasteiger partial charge in [-0.25, -0.2) is 9.18 Å². The van der Waals surface area contributed by atoms with Gasteiger partial charge >= 0.3 is 6.09 Å². The fraction of sp³-hybridized carbons (Fsp3) is 0.438. The summed E-state index contributed by atoms with van der Waals surface area (Å²) in [5.41, 5.74) is 1.46. The second-order valence-corrected chi connectivity index (χ2v) is 11.1. The number of benzene rings is 2. The Morgan fingerprint density at radius 2 is 1.68 bits per heavy atom. The first-order valence-electron chi connectivity index (χ1n) is 14.7. The molecule has 2 saturated heterocycles. The van der Waals surface area contributed by atoms with Gasteiger partial charge in [0.15, 0.2) is 0 Å². The molecule has 2 amide bonds. The van der Waals surface area contributed by atoms with E-state index in [4.69, 9.17) is 14.2 Å². The first-order chi connectivity index (χ1) is 21.1. The Morgan fingerprint density at radius 3 is 2.34 bits per heavy atom. The van der Waals surface area contributed by atoms with E-state index in [1.54, 1.807) is 24.0 Å². The van der Waals surface area contributed by atoms with E-state index < -0.39 is 17.8 Å². The zero-order chi connectivity index (χ0) is 31.5. The van der Waals surface area contributed by atoms with Crippen LogP contribution in [0.4, 0.5) is 9.18 Å². The Balaban J connectivity index is 1.48. The molecule has 11 nitrogen and oxygen atoms in total. The Hall–Kier alpha value is -4.29. The Labute approximate surface area is 255 Å². The Morgan fingerprint density at radius 1 is 0.977 bits per heavy atom. The number of halogens is 1. The molecule has 234 valence electrons. The van der Waals surface area contributed by atoms with E-state index in [2.05, 4.69) is 4.90 Å². The highest BCUT2D eigenvalue weighted by Crippen LogP contribution is 2.33. The van der Waals surface area contributed by atoms with E-state index in [1.165, 1.54) is 42.5 Å². The van der Waals surface area contributed by atoms with Crippen LogP contribution in [-0.2, 0) is 20.8 Å². The highest BCUT2D eigenvalue weighted by molar-refractivity contribution is 6.45. The van der Waals surface area contributed by atoms with Crippen molar-refractivity contribution >= 4 is 34.6 Å². The van der Waals surface area contributed by atoms with Crippen LogP contribution in [0, 0.1) is 5.82 Å². The van der Waals surface area contributed by atoms with Crippen molar-refractivity contribution in [2.75, 3.05) is 53.1 Å². The largest absolute Gasteiger partial charge is 0.496 e. The average Bonchev–Trinajstić information content (AvgIpc) is 3.41. The predicted octanol–water partition coefficient (Wildman–Crippen LogP) is 3.57. The highest BCUT2D eigenvalue weighted by atomic mass is 19.1. The summed E-state index contributed by atoms with van der Waals surface area (Å²) >= 11 is 0. The first kappa shape index (κ1) is 31.1. The minimum Gasteiger partial charge on any atom is -0.496 e. The van der Waals surface area contributed by atoms with Crippen molar-refractivity contribution in [3.8, 4) is 5.75 Å². The molecule has 0 spiro atoms. The number of morpholine rings is 1. The van der Waals surface area contributed by atoms with Crippen LogP contribution >= 0.6 is 0 Å². The fourth-order valence-electron chi connectivity index (χ4n) is 5.82. The third-order valence-electron chi connectivity index (χ3n) is 8.23. The molecule has 3 heterocycles. The van der Waals surface area contributed by atoms with Gasteiger partial charge in [-0.3, -0.25) is 23.9 Å². The minimum absolute atomic E-state index is 0.00288. The number of carbonyl (C=O) groups is 4. The summed E-state index contributed by atoms with van der Waals surface area (Å²) in [4.78, 5) is 59.1. The van der Waals surface area contributed by atoms with E-state index in [-0.39, 0.29) is 71.3 Å². The van der Waals surface area contributed by atoms with Crippen molar-refractivity contribution < 1.29 is 37.8 Å². The Kier molecular flexibility index (Phi) is 9.31. The summed E-state index contributed by atoms with van der Waals surface area (Å²) in [6.45, 7) is 8.60. The number of aromatic nitrogens is 1. The molecule has 0 saturated carbocycles. The van der Waals surface area contributed by atoms with Crippen LogP contribution in [0.15, 0.2) is 42.6 Å². The number of amides is 2. The summed E-state index contributed by atoms with van der Waals surface area (Å²) in [6.07, 6.45) is 0.562. The normalized spacial score (nSPS) is 19.2. The zero-order valence-electron chi connectivity index (χ0n) is 25.4. The zero-order valence-corrected chi connectivity index (χ0v) is 25.4. The molecule has 2 aromatic carbocycles. The van der Waals surface area contributed by atoms with Gasteiger partial charge in [0.1, 0.15) is 11.6 Å². The van der Waals surface area contributed by atoms with Crippen LogP contribution in [-0.4, -0.2) is 108 Å². The Bertz CT molecular complexity index is 1560. The number of nitrogens with zero attached hydrogens (tertiary/aromatic N) is 4. The van der Waals surface area contributed by atoms with E-state index in [9.17, 15) is 23.6 Å². The molecule has 5 rings (SSSR count). The average molecular weight is 609 g/mol. The van der Waals surface area contributed by atoms with Gasteiger partial charge in [-0.1, -0.05) is 12.1 Å². The topological polar surface area (TPSA) is 111 Å². The van der Waals surface area contributed by atoms with Gasteiger partial charge in [0, 0.05) is 62.5 Å². The third-order valence-corrected chi connectivity index (χ3v) is 8.23. The van der Waals surface area contributed by atoms with Crippen LogP contribution in [0.3, 0.4) is 0 Å². The van der Waals surface area contributed by atoms with Gasteiger partial charge in [0.05, 0.1) is 43.6 Å². The van der Waals surface area contributed by atoms with Gasteiger partial charge in [-0.15, -0.1) is 0 Å². The number of piperazine rings is 1. The molecular weight excluding hydrogens is 571 g/mol. The maximum absolute atomic E-state index is 14.1. The van der Waals surface area contributed by atoms with Crippen molar-refractivity contribution in [3.63, 3.8) is 0 Å². The van der Waals surface area contributed by atoms with Crippen LogP contribution in [0.2, 0.25) is 0 Å². The van der Waals surface area contributed by atoms with Gasteiger partial charge in [0.2, 0.25) is 0 Å². The summed E-state index contributed by atoms with van der Waals surface area (Å²) in [6, 6.07) is 9.27. The lowest BCUT2D eigenvalue weighted by Crippen LogP contribution is -2.57. The number of Topliss-reactive ketones (excluding diaryl/α,β-unsaturated/α-hetero) is 1. The molecule has 2 aliphatic rings. The van der Waals surface area contributed by atoms with Crippen LogP contribution < -0.4 is 4.74 Å². The fourth-order valence-corrected chi connectivity index (χ4v) is 5.82. The summed E-state index contributed by atoms with van der Waals surface area (Å²) in [5.74, 6) is -1.87. The van der Waals surface area contributed by atoms with Crippen molar-refractivity contribution in [2.45, 2.75) is 39.4 Å². The molecule has 3 aromatic rings. The third kappa shape index (κ3) is 6.18. The smallest absolute Gasteiger partial charge is 0.418 e. The molecule has 0 N–H and O–H groups in total. The molecule has 2 aliphatic heterocycles. The maximum atomic E-state index is 14.1. The van der Waals surface area contributed by atoms with E-state index in [1.807, 2.05) is 13.8 Å². The van der Waals surface area contributed by atoms with Gasteiger partial charge in [-0.05, 0) is 44.5 Å². The number of rotatable bonds is 7. The predicted molar refractivity (Wildman–Crippen MR) is 159 cm³/mol. The number of fused-ring (bicyclic) bond motifs is 1. The lowest BCUT2D eigenvalue weighted by atomic mass is 10.0. The number of ether oxygens (including phenoxy) is 3. The number of methoxy groups -OCH3 is 1. The maximum Gasteiger partial charge on any atom is 0.418 e. The van der Waals surface area contributed by atoms with Crippen molar-refractivity contribution in [2.24, 2.45) is 0 Å². The van der Waals surface area contributed by atoms with Crippen molar-refractivity contribution in [1.82, 2.24) is 19.3 Å². The van der Waals surface area contributed by atoms with E-state index in [0.717, 1.165) is 10.1 Å². The molecule has 0 unspecified atom stereocenters. The lowest BCUT2D eigenvalue weighted by molar-refractivity contribution is -0.130. The van der Waals surface area contributed by atoms with Crippen LogP contribution in [0.1, 0.15) is 47.1 Å². The molecule has 1 aromatic heterocycles. The van der Waals surface area contributed by atoms with Crippen molar-refractivity contribution in [3.05, 3.63) is 65.1 Å². The SMILES string of the molecule is CCOC(=O)n1cc(C(=O)C(=O)N2CCOCC2)c2cc(C(=O)N3C[C@H](C)N(Cc4ccc(F)cc4)C[C@@H]3C)c(OC)cc21. The first-order valence-corrected chi connectivity index (χ1v) is 14.7. The van der Waals surface area contributed by atoms with Gasteiger partial charge < -0.3 is 24.0 Å². The number of hydrogen-bond donors (Lipinski definition) is 0. The lowest BCUT2D eigenvalue weighted by Gasteiger charge is -2.44. The second kappa shape index (κ2) is 13.1. The quantitative estimate of drug-likeness (QED) is 0.296. The summed E-state index contributed by atoms with van der Waals surface area (Å²) in [7, 11) is 1.43. The van der Waals surface area contributed by atoms with Gasteiger partial charge in [0.25, 0.3) is 17.6 Å².